The van der Waals surface area contributed by atoms with Crippen molar-refractivity contribution in [3.63, 3.8) is 0 Å². The Kier molecular flexibility index (Phi) is 4.87. The average molecular weight is 405 g/mol. The minimum atomic E-state index is -0.279. The van der Waals surface area contributed by atoms with Gasteiger partial charge in [0.1, 0.15) is 0 Å². The second-order valence-corrected chi connectivity index (χ2v) is 8.20. The number of fused-ring (bicyclic) bond motifs is 1. The average Bonchev–Trinajstić information content (AvgIpc) is 3.60. The summed E-state index contributed by atoms with van der Waals surface area (Å²) in [5.74, 6) is -0.168. The van der Waals surface area contributed by atoms with Crippen molar-refractivity contribution in [3.8, 4) is 0 Å². The van der Waals surface area contributed by atoms with Crippen molar-refractivity contribution in [3.05, 3.63) is 120 Å². The molecule has 1 fully saturated rings. The third-order valence-electron chi connectivity index (χ3n) is 6.36. The molecule has 0 aromatic heterocycles. The van der Waals surface area contributed by atoms with Gasteiger partial charge in [-0.1, -0.05) is 97.1 Å². The zero-order chi connectivity index (χ0) is 21.3. The Morgan fingerprint density at radius 1 is 0.806 bits per heavy atom. The van der Waals surface area contributed by atoms with Crippen molar-refractivity contribution in [1.82, 2.24) is 5.43 Å². The fourth-order valence-electron chi connectivity index (χ4n) is 4.55. The smallest absolute Gasteiger partial charge is 0.244 e. The molecule has 1 amide bonds. The normalized spacial score (nSPS) is 17.3. The van der Waals surface area contributed by atoms with Gasteiger partial charge in [-0.05, 0) is 46.9 Å². The molecule has 0 heterocycles. The standard InChI is InChI=1S/C28H24N2O/c1-20(22-17-16-21-10-8-9-11-23(21)18-22)29-30-27(31)26-19-28(26,24-12-4-2-5-13-24)25-14-6-3-7-15-25/h2-18,26H,19H2,1H3,(H,30,31)/b29-20-/t26-/m1/s1. The number of hydrogen-bond donors (Lipinski definition) is 1. The van der Waals surface area contributed by atoms with Gasteiger partial charge >= 0.3 is 0 Å². The van der Waals surface area contributed by atoms with Crippen LogP contribution < -0.4 is 5.43 Å². The second kappa shape index (κ2) is 7.84. The molecule has 1 saturated carbocycles. The fraction of sp³-hybridized carbons (Fsp3) is 0.143. The lowest BCUT2D eigenvalue weighted by Crippen LogP contribution is -2.26. The maximum absolute atomic E-state index is 13.1. The lowest BCUT2D eigenvalue weighted by Gasteiger charge is -2.18. The molecule has 0 aliphatic heterocycles. The number of hydrazone groups is 1. The van der Waals surface area contributed by atoms with Crippen molar-refractivity contribution >= 4 is 22.4 Å². The number of carbonyl (C=O) groups excluding carboxylic acids is 1. The number of nitrogens with one attached hydrogen (secondary N) is 1. The summed E-state index contributed by atoms with van der Waals surface area (Å²) in [5, 5.41) is 6.79. The summed E-state index contributed by atoms with van der Waals surface area (Å²) in [6.45, 7) is 1.93. The van der Waals surface area contributed by atoms with Gasteiger partial charge in [-0.3, -0.25) is 4.79 Å². The highest BCUT2D eigenvalue weighted by Crippen LogP contribution is 2.58. The van der Waals surface area contributed by atoms with Crippen molar-refractivity contribution in [2.45, 2.75) is 18.8 Å². The van der Waals surface area contributed by atoms with Crippen LogP contribution in [0.5, 0.6) is 0 Å². The molecule has 0 bridgehead atoms. The van der Waals surface area contributed by atoms with E-state index < -0.39 is 0 Å². The minimum absolute atomic E-state index is 0.0344. The van der Waals surface area contributed by atoms with Crippen LogP contribution in [0, 0.1) is 5.92 Å². The van der Waals surface area contributed by atoms with Crippen LogP contribution in [0.3, 0.4) is 0 Å². The van der Waals surface area contributed by atoms with Crippen LogP contribution in [-0.2, 0) is 10.2 Å². The molecule has 31 heavy (non-hydrogen) atoms. The van der Waals surface area contributed by atoms with Gasteiger partial charge in [-0.2, -0.15) is 5.10 Å². The number of benzene rings is 4. The molecule has 3 nitrogen and oxygen atoms in total. The molecule has 0 unspecified atom stereocenters. The van der Waals surface area contributed by atoms with Gasteiger partial charge in [0.05, 0.1) is 11.6 Å². The molecule has 152 valence electrons. The van der Waals surface area contributed by atoms with E-state index >= 15 is 0 Å². The Morgan fingerprint density at radius 3 is 2.03 bits per heavy atom. The third kappa shape index (κ3) is 3.53. The first-order valence-corrected chi connectivity index (χ1v) is 10.6. The van der Waals surface area contributed by atoms with Crippen LogP contribution in [0.2, 0.25) is 0 Å². The Hall–Kier alpha value is -3.72. The van der Waals surface area contributed by atoms with Crippen LogP contribution in [0.1, 0.15) is 30.0 Å². The van der Waals surface area contributed by atoms with Crippen molar-refractivity contribution < 1.29 is 4.79 Å². The molecule has 4 aromatic carbocycles. The van der Waals surface area contributed by atoms with Crippen LogP contribution in [0.25, 0.3) is 10.8 Å². The third-order valence-corrected chi connectivity index (χ3v) is 6.36. The van der Waals surface area contributed by atoms with Gasteiger partial charge in [0.2, 0.25) is 5.91 Å². The number of nitrogens with zero attached hydrogens (tertiary/aromatic N) is 1. The van der Waals surface area contributed by atoms with Crippen LogP contribution in [0.15, 0.2) is 108 Å². The number of carbonyl (C=O) groups is 1. The quantitative estimate of drug-likeness (QED) is 0.337. The van der Waals surface area contributed by atoms with E-state index in [4.69, 9.17) is 0 Å². The summed E-state index contributed by atoms with van der Waals surface area (Å²) in [7, 11) is 0. The fourth-order valence-corrected chi connectivity index (χ4v) is 4.55. The van der Waals surface area contributed by atoms with E-state index in [1.165, 1.54) is 16.5 Å². The molecular formula is C28H24N2O. The van der Waals surface area contributed by atoms with Gasteiger partial charge in [-0.15, -0.1) is 0 Å². The van der Waals surface area contributed by atoms with Crippen molar-refractivity contribution in [2.24, 2.45) is 11.0 Å². The maximum atomic E-state index is 13.1. The highest BCUT2D eigenvalue weighted by atomic mass is 16.2. The van der Waals surface area contributed by atoms with Crippen molar-refractivity contribution in [2.75, 3.05) is 0 Å². The summed E-state index contributed by atoms with van der Waals surface area (Å²) in [4.78, 5) is 13.1. The van der Waals surface area contributed by atoms with E-state index in [-0.39, 0.29) is 17.2 Å². The largest absolute Gasteiger partial charge is 0.273 e. The summed E-state index contributed by atoms with van der Waals surface area (Å²) in [5.41, 5.74) is 6.71. The highest BCUT2D eigenvalue weighted by Gasteiger charge is 2.60. The first kappa shape index (κ1) is 19.3. The maximum Gasteiger partial charge on any atom is 0.244 e. The van der Waals surface area contributed by atoms with E-state index in [0.717, 1.165) is 23.1 Å². The Labute approximate surface area is 182 Å². The number of hydrogen-bond acceptors (Lipinski definition) is 2. The Morgan fingerprint density at radius 2 is 1.39 bits per heavy atom. The molecule has 1 aliphatic carbocycles. The summed E-state index contributed by atoms with van der Waals surface area (Å²) >= 11 is 0. The molecule has 0 radical (unpaired) electrons. The lowest BCUT2D eigenvalue weighted by atomic mass is 9.85. The van der Waals surface area contributed by atoms with E-state index in [1.54, 1.807) is 0 Å². The van der Waals surface area contributed by atoms with Crippen LogP contribution in [-0.4, -0.2) is 11.6 Å². The molecule has 4 aromatic rings. The van der Waals surface area contributed by atoms with E-state index in [0.29, 0.717) is 0 Å². The van der Waals surface area contributed by atoms with Crippen molar-refractivity contribution in [1.29, 1.82) is 0 Å². The van der Waals surface area contributed by atoms with Crippen LogP contribution in [0.4, 0.5) is 0 Å². The highest BCUT2D eigenvalue weighted by molar-refractivity contribution is 6.02. The molecule has 0 spiro atoms. The second-order valence-electron chi connectivity index (χ2n) is 8.20. The number of rotatable bonds is 5. The lowest BCUT2D eigenvalue weighted by molar-refractivity contribution is -0.122. The molecule has 0 saturated heterocycles. The topological polar surface area (TPSA) is 41.5 Å². The monoisotopic (exact) mass is 404 g/mol. The molecule has 3 heteroatoms. The summed E-state index contributed by atoms with van der Waals surface area (Å²) in [6.07, 6.45) is 0.789. The molecule has 5 rings (SSSR count). The molecule has 1 atom stereocenters. The number of amides is 1. The van der Waals surface area contributed by atoms with Gasteiger partial charge < -0.3 is 0 Å². The summed E-state index contributed by atoms with van der Waals surface area (Å²) in [6, 6.07) is 35.1. The Bertz CT molecular complexity index is 1220. The SMILES string of the molecule is C/C(=N/NC(=O)[C@H]1CC1(c1ccccc1)c1ccccc1)c1ccc2ccccc2c1. The Balaban J connectivity index is 1.38. The molecule has 1 N–H and O–H groups in total. The first-order chi connectivity index (χ1) is 15.2. The first-order valence-electron chi connectivity index (χ1n) is 10.6. The zero-order valence-electron chi connectivity index (χ0n) is 17.5. The predicted molar refractivity (Wildman–Crippen MR) is 126 cm³/mol. The van der Waals surface area contributed by atoms with E-state index in [9.17, 15) is 4.79 Å². The van der Waals surface area contributed by atoms with Gasteiger partial charge in [0.25, 0.3) is 0 Å². The van der Waals surface area contributed by atoms with Crippen LogP contribution >= 0.6 is 0 Å². The molecular weight excluding hydrogens is 380 g/mol. The predicted octanol–water partition coefficient (Wildman–Crippen LogP) is 5.69. The van der Waals surface area contributed by atoms with Gasteiger partial charge in [-0.25, -0.2) is 5.43 Å². The summed E-state index contributed by atoms with van der Waals surface area (Å²) < 4.78 is 0. The molecule has 1 aliphatic rings. The minimum Gasteiger partial charge on any atom is -0.273 e. The van der Waals surface area contributed by atoms with E-state index in [1.807, 2.05) is 61.5 Å². The van der Waals surface area contributed by atoms with Gasteiger partial charge in [0.15, 0.2) is 0 Å². The van der Waals surface area contributed by atoms with E-state index in [2.05, 4.69) is 59.1 Å². The zero-order valence-corrected chi connectivity index (χ0v) is 17.5. The van der Waals surface area contributed by atoms with Gasteiger partial charge in [0, 0.05) is 5.41 Å².